The molecular weight excluding hydrogens is 869 g/mol. The van der Waals surface area contributed by atoms with Crippen molar-refractivity contribution in [3.63, 3.8) is 0 Å². The van der Waals surface area contributed by atoms with E-state index in [9.17, 15) is 56.0 Å². The third-order valence-corrected chi connectivity index (χ3v) is 11.9. The predicted octanol–water partition coefficient (Wildman–Crippen LogP) is 7.61. The number of carbonyl (C=O) groups excluding carboxylic acids is 4. The van der Waals surface area contributed by atoms with Crippen molar-refractivity contribution in [3.8, 4) is 12.1 Å². The third-order valence-electron chi connectivity index (χ3n) is 11.9. The van der Waals surface area contributed by atoms with Crippen molar-refractivity contribution in [1.29, 1.82) is 10.5 Å². The van der Waals surface area contributed by atoms with Crippen molar-refractivity contribution in [2.75, 3.05) is 56.1 Å². The van der Waals surface area contributed by atoms with E-state index in [4.69, 9.17) is 0 Å². The van der Waals surface area contributed by atoms with Crippen molar-refractivity contribution in [2.45, 2.75) is 37.3 Å². The van der Waals surface area contributed by atoms with Gasteiger partial charge in [0.2, 0.25) is 0 Å². The number of nitriles is 2. The van der Waals surface area contributed by atoms with Crippen LogP contribution in [0.3, 0.4) is 0 Å². The molecule has 4 heterocycles. The van der Waals surface area contributed by atoms with Gasteiger partial charge in [0, 0.05) is 13.1 Å². The molecule has 0 aromatic heterocycles. The minimum Gasteiger partial charge on any atom is -0.333 e. The Morgan fingerprint density at radius 3 is 1.33 bits per heavy atom. The van der Waals surface area contributed by atoms with Gasteiger partial charge in [-0.25, -0.2) is 9.59 Å². The number of rotatable bonds is 12. The van der Waals surface area contributed by atoms with Gasteiger partial charge in [0.25, 0.3) is 11.8 Å². The molecule has 0 aliphatic carbocycles. The van der Waals surface area contributed by atoms with Gasteiger partial charge < -0.3 is 25.3 Å². The van der Waals surface area contributed by atoms with E-state index in [0.717, 1.165) is 34.1 Å². The second-order valence-electron chi connectivity index (χ2n) is 16.2. The summed E-state index contributed by atoms with van der Waals surface area (Å²) in [4.78, 5) is 62.9. The van der Waals surface area contributed by atoms with Crippen molar-refractivity contribution in [1.82, 2.24) is 25.3 Å². The second kappa shape index (κ2) is 17.7. The van der Waals surface area contributed by atoms with E-state index in [-0.39, 0.29) is 60.1 Å². The van der Waals surface area contributed by atoms with E-state index in [1.54, 1.807) is 48.5 Å². The Kier molecular flexibility index (Phi) is 12.1. The molecule has 0 spiro atoms. The maximum Gasteiger partial charge on any atom is 0.416 e. The normalized spacial score (nSPS) is 18.7. The van der Waals surface area contributed by atoms with Crippen LogP contribution < -0.4 is 20.4 Å². The van der Waals surface area contributed by atoms with E-state index in [1.807, 2.05) is 24.1 Å². The molecule has 6 amide bonds. The molecule has 338 valence electrons. The molecule has 0 fully saturated rings. The van der Waals surface area contributed by atoms with Gasteiger partial charge in [-0.1, -0.05) is 36.4 Å². The van der Waals surface area contributed by atoms with E-state index in [0.29, 0.717) is 48.2 Å². The molecule has 0 unspecified atom stereocenters. The molecule has 19 heteroatoms. The number of hydrogen-bond acceptors (Lipinski definition) is 7. The maximum absolute atomic E-state index is 14.1. The van der Waals surface area contributed by atoms with Gasteiger partial charge in [-0.15, -0.1) is 0 Å². The standard InChI is InChI=1S/C47H39F6N9O4/c1-58(18-4-20-59-26-36-38(42(59)63)40(30-14-10-28(24-54)11-15-30)56-44(65)61(36)34-8-2-6-32(22-34)46(48,49)50)19-5-21-60-27-37-39(43(60)64)41(31-16-12-29(25-55)13-17-31)57-45(66)62(37)35-9-3-7-33(23-35)47(51,52)53/h2-3,6-17,22-23,40-41H,4-5,18-21,26-27H2,1H3,(H,56,65)(H,57,66)/t40-,41-/m1/s1. The first-order valence-electron chi connectivity index (χ1n) is 20.8. The second-order valence-corrected chi connectivity index (χ2v) is 16.2. The van der Waals surface area contributed by atoms with Crippen LogP contribution in [-0.2, 0) is 21.9 Å². The van der Waals surface area contributed by atoms with Crippen molar-refractivity contribution in [2.24, 2.45) is 0 Å². The van der Waals surface area contributed by atoms with E-state index in [1.165, 1.54) is 34.1 Å². The highest BCUT2D eigenvalue weighted by atomic mass is 19.4. The summed E-state index contributed by atoms with van der Waals surface area (Å²) in [6.07, 6.45) is -8.45. The summed E-state index contributed by atoms with van der Waals surface area (Å²) in [5.74, 6) is -0.816. The smallest absolute Gasteiger partial charge is 0.333 e. The van der Waals surface area contributed by atoms with Crippen LogP contribution in [0.15, 0.2) is 120 Å². The summed E-state index contributed by atoms with van der Waals surface area (Å²) >= 11 is 0. The van der Waals surface area contributed by atoms with Crippen LogP contribution in [0.25, 0.3) is 0 Å². The Bertz CT molecular complexity index is 2570. The number of hydrogen-bond donors (Lipinski definition) is 2. The Hall–Kier alpha value is -7.64. The lowest BCUT2D eigenvalue weighted by atomic mass is 9.94. The van der Waals surface area contributed by atoms with Crippen molar-refractivity contribution >= 4 is 35.3 Å². The van der Waals surface area contributed by atoms with Crippen LogP contribution in [0.2, 0.25) is 0 Å². The number of nitrogens with one attached hydrogen (secondary N) is 2. The highest BCUT2D eigenvalue weighted by molar-refractivity contribution is 6.08. The molecule has 4 aromatic rings. The highest BCUT2D eigenvalue weighted by Crippen LogP contribution is 2.42. The average Bonchev–Trinajstić information content (AvgIpc) is 3.79. The van der Waals surface area contributed by atoms with E-state index >= 15 is 0 Å². The van der Waals surface area contributed by atoms with Crippen LogP contribution in [0.1, 0.15) is 58.3 Å². The molecule has 0 radical (unpaired) electrons. The lowest BCUT2D eigenvalue weighted by Gasteiger charge is -2.34. The Labute approximate surface area is 374 Å². The summed E-state index contributed by atoms with van der Waals surface area (Å²) in [5, 5.41) is 24.2. The zero-order valence-electron chi connectivity index (χ0n) is 35.1. The monoisotopic (exact) mass is 907 g/mol. The lowest BCUT2D eigenvalue weighted by molar-refractivity contribution is -0.138. The maximum atomic E-state index is 14.1. The number of amides is 6. The van der Waals surface area contributed by atoms with Gasteiger partial charge in [0.1, 0.15) is 0 Å². The molecule has 4 aromatic carbocycles. The summed E-state index contributed by atoms with van der Waals surface area (Å²) in [6.45, 7) is 1.31. The minimum atomic E-state index is -4.68. The zero-order chi connectivity index (χ0) is 47.1. The first kappa shape index (κ1) is 44.9. The van der Waals surface area contributed by atoms with Crippen LogP contribution in [0.4, 0.5) is 47.3 Å². The van der Waals surface area contributed by atoms with E-state index < -0.39 is 59.4 Å². The van der Waals surface area contributed by atoms with Crippen molar-refractivity contribution in [3.05, 3.63) is 153 Å². The average molecular weight is 908 g/mol. The van der Waals surface area contributed by atoms with Gasteiger partial charge in [-0.3, -0.25) is 19.4 Å². The number of urea groups is 2. The van der Waals surface area contributed by atoms with Crippen molar-refractivity contribution < 1.29 is 45.5 Å². The fourth-order valence-electron chi connectivity index (χ4n) is 8.72. The van der Waals surface area contributed by atoms with Crippen LogP contribution >= 0.6 is 0 Å². The number of carbonyl (C=O) groups is 4. The van der Waals surface area contributed by atoms with Crippen LogP contribution in [0, 0.1) is 22.7 Å². The van der Waals surface area contributed by atoms with Crippen LogP contribution in [0.5, 0.6) is 0 Å². The molecule has 66 heavy (non-hydrogen) atoms. The van der Waals surface area contributed by atoms with Gasteiger partial charge in [-0.05, 0) is 105 Å². The molecule has 0 saturated carbocycles. The number of nitrogens with zero attached hydrogens (tertiary/aromatic N) is 7. The summed E-state index contributed by atoms with van der Waals surface area (Å²) in [5.41, 5.74) is 0.549. The third kappa shape index (κ3) is 8.77. The van der Waals surface area contributed by atoms with Gasteiger partial charge >= 0.3 is 24.4 Å². The largest absolute Gasteiger partial charge is 0.416 e. The molecule has 0 saturated heterocycles. The number of benzene rings is 4. The first-order chi connectivity index (χ1) is 31.5. The molecule has 0 bridgehead atoms. The summed E-state index contributed by atoms with van der Waals surface area (Å²) in [6, 6.07) is 21.9. The molecular formula is C47H39F6N9O4. The molecule has 8 rings (SSSR count). The Balaban J connectivity index is 0.934. The number of anilines is 2. The topological polar surface area (TPSA) is 156 Å². The first-order valence-corrected chi connectivity index (χ1v) is 20.8. The SMILES string of the molecule is CN(CCCN1CC2=C(C1=O)[C@@H](c1ccc(C#N)cc1)NC(=O)N2c1cccc(C(F)(F)F)c1)CCCN1CC2=C(C1=O)[C@@H](c1ccc(C#N)cc1)NC(=O)N2c1cccc(C(F)(F)F)c1. The summed E-state index contributed by atoms with van der Waals surface area (Å²) < 4.78 is 82.4. The number of alkyl halides is 6. The lowest BCUT2D eigenvalue weighted by Crippen LogP contribution is -2.47. The Morgan fingerprint density at radius 2 is 0.985 bits per heavy atom. The highest BCUT2D eigenvalue weighted by Gasteiger charge is 2.47. The molecule has 2 atom stereocenters. The minimum absolute atomic E-state index is 0.0542. The number of halogens is 6. The van der Waals surface area contributed by atoms with Gasteiger partial charge in [0.15, 0.2) is 0 Å². The predicted molar refractivity (Wildman–Crippen MR) is 227 cm³/mol. The summed E-state index contributed by atoms with van der Waals surface area (Å²) in [7, 11) is 1.85. The molecule has 13 nitrogen and oxygen atoms in total. The van der Waals surface area contributed by atoms with Gasteiger partial charge in [0.05, 0.1) is 93.5 Å². The fourth-order valence-corrected chi connectivity index (χ4v) is 8.72. The fraction of sp³-hybridized carbons (Fsp3) is 0.277. The quantitative estimate of drug-likeness (QED) is 0.139. The van der Waals surface area contributed by atoms with E-state index in [2.05, 4.69) is 10.6 Å². The molecule has 4 aliphatic rings. The molecule has 4 aliphatic heterocycles. The van der Waals surface area contributed by atoms with Crippen LogP contribution in [-0.4, -0.2) is 84.9 Å². The van der Waals surface area contributed by atoms with Gasteiger partial charge in [-0.2, -0.15) is 36.9 Å². The molecule has 2 N–H and O–H groups in total. The Morgan fingerprint density at radius 1 is 0.606 bits per heavy atom. The zero-order valence-corrected chi connectivity index (χ0v) is 35.1.